The smallest absolute Gasteiger partial charge is 0.322 e. The summed E-state index contributed by atoms with van der Waals surface area (Å²) >= 11 is 0. The van der Waals surface area contributed by atoms with Gasteiger partial charge in [0.15, 0.2) is 11.6 Å². The van der Waals surface area contributed by atoms with Gasteiger partial charge in [0.1, 0.15) is 0 Å². The van der Waals surface area contributed by atoms with Gasteiger partial charge in [0.05, 0.1) is 37.6 Å². The summed E-state index contributed by atoms with van der Waals surface area (Å²) in [7, 11) is 0. The first-order valence-electron chi connectivity index (χ1n) is 6.27. The molecule has 2 atom stereocenters. The van der Waals surface area contributed by atoms with Crippen LogP contribution in [0.3, 0.4) is 0 Å². The zero-order valence-electron chi connectivity index (χ0n) is 11.0. The highest BCUT2D eigenvalue weighted by molar-refractivity contribution is 5.89. The van der Waals surface area contributed by atoms with E-state index in [2.05, 4.69) is 5.32 Å². The Balaban J connectivity index is 2.09. The van der Waals surface area contributed by atoms with Crippen LogP contribution in [0.1, 0.15) is 6.92 Å². The molecule has 0 radical (unpaired) electrons. The zero-order chi connectivity index (χ0) is 14.7. The molecule has 1 aliphatic heterocycles. The number of anilines is 1. The van der Waals surface area contributed by atoms with Crippen LogP contribution in [0.4, 0.5) is 19.3 Å². The van der Waals surface area contributed by atoms with Crippen LogP contribution >= 0.6 is 0 Å². The van der Waals surface area contributed by atoms with Crippen molar-refractivity contribution in [3.05, 3.63) is 29.8 Å². The Hall–Kier alpha value is -1.73. The van der Waals surface area contributed by atoms with E-state index in [1.807, 2.05) is 0 Å². The molecular formula is C13H16F2N2O3. The second kappa shape index (κ2) is 6.15. The van der Waals surface area contributed by atoms with Crippen LogP contribution < -0.4 is 5.32 Å². The third-order valence-electron chi connectivity index (χ3n) is 3.16. The Kier molecular flexibility index (Phi) is 4.51. The van der Waals surface area contributed by atoms with Gasteiger partial charge in [-0.1, -0.05) is 6.07 Å². The van der Waals surface area contributed by atoms with E-state index < -0.39 is 23.8 Å². The fourth-order valence-electron chi connectivity index (χ4n) is 2.00. The molecule has 1 heterocycles. The molecule has 1 fully saturated rings. The molecule has 20 heavy (non-hydrogen) atoms. The lowest BCUT2D eigenvalue weighted by atomic mass is 10.2. The van der Waals surface area contributed by atoms with Gasteiger partial charge in [0.2, 0.25) is 0 Å². The standard InChI is InChI=1S/C13H16F2N2O3/c1-8-7-20-9(6-18)5-17(8)13(19)16-11-4-2-3-10(14)12(11)15/h2-4,8-9,18H,5-7H2,1H3,(H,16,19). The molecule has 0 spiro atoms. The van der Waals surface area contributed by atoms with E-state index in [0.29, 0.717) is 0 Å². The van der Waals surface area contributed by atoms with Crippen molar-refractivity contribution in [3.8, 4) is 0 Å². The van der Waals surface area contributed by atoms with Crippen molar-refractivity contribution >= 4 is 11.7 Å². The first kappa shape index (κ1) is 14.7. The lowest BCUT2D eigenvalue weighted by Gasteiger charge is -2.37. The normalized spacial score (nSPS) is 22.7. The van der Waals surface area contributed by atoms with Gasteiger partial charge in [0, 0.05) is 0 Å². The Bertz CT molecular complexity index is 499. The van der Waals surface area contributed by atoms with Gasteiger partial charge in [-0.2, -0.15) is 0 Å². The van der Waals surface area contributed by atoms with Gasteiger partial charge >= 0.3 is 6.03 Å². The van der Waals surface area contributed by atoms with Gasteiger partial charge in [-0.15, -0.1) is 0 Å². The molecule has 2 amide bonds. The number of carbonyl (C=O) groups excluding carboxylic acids is 1. The highest BCUT2D eigenvalue weighted by Gasteiger charge is 2.29. The number of hydrogen-bond donors (Lipinski definition) is 2. The summed E-state index contributed by atoms with van der Waals surface area (Å²) in [6.07, 6.45) is -0.464. The molecule has 0 saturated carbocycles. The molecule has 5 nitrogen and oxygen atoms in total. The number of nitrogens with one attached hydrogen (secondary N) is 1. The van der Waals surface area contributed by atoms with E-state index in [1.54, 1.807) is 6.92 Å². The Labute approximate surface area is 115 Å². The number of amides is 2. The van der Waals surface area contributed by atoms with E-state index in [4.69, 9.17) is 9.84 Å². The van der Waals surface area contributed by atoms with Crippen LogP contribution in [-0.2, 0) is 4.74 Å². The molecule has 110 valence electrons. The Morgan fingerprint density at radius 2 is 2.30 bits per heavy atom. The number of aliphatic hydroxyl groups is 1. The second-order valence-electron chi connectivity index (χ2n) is 4.67. The van der Waals surface area contributed by atoms with Crippen LogP contribution in [0.2, 0.25) is 0 Å². The zero-order valence-corrected chi connectivity index (χ0v) is 11.0. The third kappa shape index (κ3) is 3.05. The maximum absolute atomic E-state index is 13.5. The van der Waals surface area contributed by atoms with Crippen molar-refractivity contribution < 1.29 is 23.4 Å². The second-order valence-corrected chi connectivity index (χ2v) is 4.67. The summed E-state index contributed by atoms with van der Waals surface area (Å²) in [5.41, 5.74) is -0.214. The number of urea groups is 1. The van der Waals surface area contributed by atoms with Crippen LogP contribution in [0.15, 0.2) is 18.2 Å². The number of ether oxygens (including phenoxy) is 1. The maximum Gasteiger partial charge on any atom is 0.322 e. The van der Waals surface area contributed by atoms with E-state index in [0.717, 1.165) is 6.07 Å². The predicted octanol–water partition coefficient (Wildman–Crippen LogP) is 1.58. The average molecular weight is 286 g/mol. The lowest BCUT2D eigenvalue weighted by molar-refractivity contribution is -0.0612. The Morgan fingerprint density at radius 3 is 3.00 bits per heavy atom. The van der Waals surface area contributed by atoms with Crippen LogP contribution in [0.25, 0.3) is 0 Å². The number of rotatable bonds is 2. The van der Waals surface area contributed by atoms with E-state index in [-0.39, 0.29) is 31.5 Å². The highest BCUT2D eigenvalue weighted by atomic mass is 19.2. The number of halogens is 2. The fraction of sp³-hybridized carbons (Fsp3) is 0.462. The summed E-state index contributed by atoms with van der Waals surface area (Å²) in [5, 5.41) is 11.4. The molecular weight excluding hydrogens is 270 g/mol. The third-order valence-corrected chi connectivity index (χ3v) is 3.16. The van der Waals surface area contributed by atoms with E-state index in [1.165, 1.54) is 17.0 Å². The number of hydrogen-bond acceptors (Lipinski definition) is 3. The minimum atomic E-state index is -1.10. The molecule has 2 N–H and O–H groups in total. The molecule has 7 heteroatoms. The topological polar surface area (TPSA) is 61.8 Å². The van der Waals surface area contributed by atoms with Crippen LogP contribution in [0.5, 0.6) is 0 Å². The van der Waals surface area contributed by atoms with Gasteiger partial charge in [0.25, 0.3) is 0 Å². The van der Waals surface area contributed by atoms with E-state index in [9.17, 15) is 13.6 Å². The van der Waals surface area contributed by atoms with Gasteiger partial charge in [-0.3, -0.25) is 0 Å². The van der Waals surface area contributed by atoms with Gasteiger partial charge in [-0.25, -0.2) is 13.6 Å². The summed E-state index contributed by atoms with van der Waals surface area (Å²) in [6, 6.07) is 2.81. The summed E-state index contributed by atoms with van der Waals surface area (Å²) in [6.45, 7) is 2.05. The van der Waals surface area contributed by atoms with Gasteiger partial charge in [-0.05, 0) is 19.1 Å². The largest absolute Gasteiger partial charge is 0.394 e. The number of aliphatic hydroxyl groups excluding tert-OH is 1. The van der Waals surface area contributed by atoms with Crippen molar-refractivity contribution in [1.29, 1.82) is 0 Å². The number of nitrogens with zero attached hydrogens (tertiary/aromatic N) is 1. The summed E-state index contributed by atoms with van der Waals surface area (Å²) < 4.78 is 31.9. The monoisotopic (exact) mass is 286 g/mol. The number of benzene rings is 1. The molecule has 1 aliphatic rings. The lowest BCUT2D eigenvalue weighted by Crippen LogP contribution is -2.53. The molecule has 0 bridgehead atoms. The average Bonchev–Trinajstić information content (AvgIpc) is 2.44. The van der Waals surface area contributed by atoms with Crippen LogP contribution in [0, 0.1) is 11.6 Å². The minimum Gasteiger partial charge on any atom is -0.394 e. The minimum absolute atomic E-state index is 0.195. The van der Waals surface area contributed by atoms with Crippen molar-refractivity contribution in [2.45, 2.75) is 19.1 Å². The quantitative estimate of drug-likeness (QED) is 0.867. The predicted molar refractivity (Wildman–Crippen MR) is 68.4 cm³/mol. The molecule has 1 aromatic carbocycles. The van der Waals surface area contributed by atoms with Crippen molar-refractivity contribution in [3.63, 3.8) is 0 Å². The Morgan fingerprint density at radius 1 is 1.55 bits per heavy atom. The maximum atomic E-state index is 13.5. The molecule has 2 rings (SSSR count). The van der Waals surface area contributed by atoms with Gasteiger partial charge < -0.3 is 20.1 Å². The van der Waals surface area contributed by atoms with Crippen molar-refractivity contribution in [1.82, 2.24) is 4.90 Å². The molecule has 1 saturated heterocycles. The molecule has 0 aromatic heterocycles. The summed E-state index contributed by atoms with van der Waals surface area (Å²) in [4.78, 5) is 13.5. The number of morpholine rings is 1. The van der Waals surface area contributed by atoms with Crippen LogP contribution in [-0.4, -0.2) is 47.9 Å². The number of carbonyl (C=O) groups is 1. The molecule has 1 aromatic rings. The first-order chi connectivity index (χ1) is 9.52. The SMILES string of the molecule is CC1COC(CO)CN1C(=O)Nc1cccc(F)c1F. The first-order valence-corrected chi connectivity index (χ1v) is 6.27. The van der Waals surface area contributed by atoms with Crippen molar-refractivity contribution in [2.75, 3.05) is 25.1 Å². The molecule has 0 aliphatic carbocycles. The highest BCUT2D eigenvalue weighted by Crippen LogP contribution is 2.19. The molecule has 2 unspecified atom stereocenters. The van der Waals surface area contributed by atoms with E-state index >= 15 is 0 Å². The van der Waals surface area contributed by atoms with Crippen molar-refractivity contribution in [2.24, 2.45) is 0 Å². The summed E-state index contributed by atoms with van der Waals surface area (Å²) in [5.74, 6) is -2.12. The fourth-order valence-corrected chi connectivity index (χ4v) is 2.00.